The van der Waals surface area contributed by atoms with Crippen molar-refractivity contribution in [1.29, 1.82) is 0 Å². The number of rotatable bonds is 5. The molecule has 0 atom stereocenters. The zero-order valence-corrected chi connectivity index (χ0v) is 13.3. The normalized spacial score (nSPS) is 14.6. The fraction of sp³-hybridized carbons (Fsp3) is 0.294. The molecule has 3 rings (SSSR count). The number of hydrogen-bond donors (Lipinski definition) is 1. The van der Waals surface area contributed by atoms with E-state index in [1.165, 1.54) is 18.9 Å². The van der Waals surface area contributed by atoms with Gasteiger partial charge in [0.25, 0.3) is 0 Å². The number of halogens is 2. The fourth-order valence-electron chi connectivity index (χ4n) is 2.52. The standard InChI is InChI=1S/C17H18BrFN2/c18-15-9-12(5-8-16(15)19)10-21(14-6-7-14)11-13-3-1-2-4-17(13)20/h1-5,8-9,14H,6-7,10-11,20H2. The molecule has 0 heterocycles. The van der Waals surface area contributed by atoms with Crippen molar-refractivity contribution >= 4 is 21.6 Å². The van der Waals surface area contributed by atoms with Gasteiger partial charge in [-0.05, 0) is 58.1 Å². The van der Waals surface area contributed by atoms with E-state index >= 15 is 0 Å². The summed E-state index contributed by atoms with van der Waals surface area (Å²) in [6.07, 6.45) is 2.46. The summed E-state index contributed by atoms with van der Waals surface area (Å²) in [5.41, 5.74) is 9.15. The Morgan fingerprint density at radius 1 is 1.14 bits per heavy atom. The third-order valence-corrected chi connectivity index (χ3v) is 4.47. The molecule has 2 aromatic carbocycles. The van der Waals surface area contributed by atoms with Crippen molar-refractivity contribution in [2.24, 2.45) is 0 Å². The second-order valence-corrected chi connectivity index (χ2v) is 6.44. The number of nitrogens with zero attached hydrogens (tertiary/aromatic N) is 1. The molecule has 0 aromatic heterocycles. The summed E-state index contributed by atoms with van der Waals surface area (Å²) in [7, 11) is 0. The van der Waals surface area contributed by atoms with Gasteiger partial charge in [0.1, 0.15) is 5.82 Å². The average Bonchev–Trinajstić information content (AvgIpc) is 3.29. The van der Waals surface area contributed by atoms with Crippen molar-refractivity contribution in [3.63, 3.8) is 0 Å². The highest BCUT2D eigenvalue weighted by Crippen LogP contribution is 2.31. The Kier molecular flexibility index (Phi) is 4.27. The summed E-state index contributed by atoms with van der Waals surface area (Å²) < 4.78 is 13.9. The van der Waals surface area contributed by atoms with E-state index in [0.717, 1.165) is 29.9 Å². The topological polar surface area (TPSA) is 29.3 Å². The second-order valence-electron chi connectivity index (χ2n) is 5.58. The van der Waals surface area contributed by atoms with Gasteiger partial charge in [0.15, 0.2) is 0 Å². The van der Waals surface area contributed by atoms with Crippen molar-refractivity contribution in [2.75, 3.05) is 5.73 Å². The van der Waals surface area contributed by atoms with Crippen LogP contribution in [0.25, 0.3) is 0 Å². The van der Waals surface area contributed by atoms with Crippen LogP contribution >= 0.6 is 15.9 Å². The molecule has 2 aromatic rings. The Bertz CT molecular complexity index is 640. The van der Waals surface area contributed by atoms with Gasteiger partial charge in [0, 0.05) is 24.8 Å². The first kappa shape index (κ1) is 14.5. The molecule has 0 saturated heterocycles. The third kappa shape index (κ3) is 3.63. The fourth-order valence-corrected chi connectivity index (χ4v) is 2.95. The maximum Gasteiger partial charge on any atom is 0.137 e. The van der Waals surface area contributed by atoms with Crippen molar-refractivity contribution in [2.45, 2.75) is 32.0 Å². The summed E-state index contributed by atoms with van der Waals surface area (Å²) in [4.78, 5) is 2.42. The molecule has 0 spiro atoms. The highest BCUT2D eigenvalue weighted by molar-refractivity contribution is 9.10. The largest absolute Gasteiger partial charge is 0.398 e. The molecule has 1 aliphatic carbocycles. The maximum absolute atomic E-state index is 13.3. The van der Waals surface area contributed by atoms with Crippen LogP contribution < -0.4 is 5.73 Å². The molecule has 4 heteroatoms. The van der Waals surface area contributed by atoms with E-state index in [0.29, 0.717) is 10.5 Å². The molecule has 0 bridgehead atoms. The molecule has 1 saturated carbocycles. The first-order chi connectivity index (χ1) is 10.1. The Hall–Kier alpha value is -1.39. The Morgan fingerprint density at radius 3 is 2.57 bits per heavy atom. The number of hydrogen-bond acceptors (Lipinski definition) is 2. The number of nitrogen functional groups attached to an aromatic ring is 1. The van der Waals surface area contributed by atoms with Crippen LogP contribution in [0.2, 0.25) is 0 Å². The van der Waals surface area contributed by atoms with Gasteiger partial charge in [-0.1, -0.05) is 24.3 Å². The van der Waals surface area contributed by atoms with Gasteiger partial charge < -0.3 is 5.73 Å². The quantitative estimate of drug-likeness (QED) is 0.814. The lowest BCUT2D eigenvalue weighted by Crippen LogP contribution is -2.25. The van der Waals surface area contributed by atoms with Crippen LogP contribution in [0, 0.1) is 5.82 Å². The average molecular weight is 349 g/mol. The van der Waals surface area contributed by atoms with Crippen LogP contribution in [-0.4, -0.2) is 10.9 Å². The van der Waals surface area contributed by atoms with Crippen LogP contribution in [-0.2, 0) is 13.1 Å². The molecule has 0 aliphatic heterocycles. The number of nitrogens with two attached hydrogens (primary N) is 1. The van der Waals surface area contributed by atoms with Gasteiger partial charge in [0.05, 0.1) is 4.47 Å². The lowest BCUT2D eigenvalue weighted by Gasteiger charge is -2.23. The van der Waals surface area contributed by atoms with Gasteiger partial charge in [-0.15, -0.1) is 0 Å². The first-order valence-corrected chi connectivity index (χ1v) is 7.94. The smallest absolute Gasteiger partial charge is 0.137 e. The molecular weight excluding hydrogens is 331 g/mol. The van der Waals surface area contributed by atoms with E-state index in [-0.39, 0.29) is 5.82 Å². The van der Waals surface area contributed by atoms with Crippen LogP contribution in [0.15, 0.2) is 46.9 Å². The zero-order valence-electron chi connectivity index (χ0n) is 11.7. The lowest BCUT2D eigenvalue weighted by molar-refractivity contribution is 0.246. The van der Waals surface area contributed by atoms with Crippen molar-refractivity contribution in [3.8, 4) is 0 Å². The summed E-state index contributed by atoms with van der Waals surface area (Å²) in [6.45, 7) is 1.66. The Balaban J connectivity index is 1.76. The summed E-state index contributed by atoms with van der Waals surface area (Å²) >= 11 is 3.25. The molecule has 1 fully saturated rings. The zero-order chi connectivity index (χ0) is 14.8. The molecular formula is C17H18BrFN2. The predicted molar refractivity (Wildman–Crippen MR) is 87.2 cm³/mol. The second kappa shape index (κ2) is 6.16. The van der Waals surface area contributed by atoms with Gasteiger partial charge in [0.2, 0.25) is 0 Å². The highest BCUT2D eigenvalue weighted by Gasteiger charge is 2.29. The Morgan fingerprint density at radius 2 is 1.90 bits per heavy atom. The van der Waals surface area contributed by atoms with Crippen molar-refractivity contribution in [1.82, 2.24) is 4.90 Å². The third-order valence-electron chi connectivity index (χ3n) is 3.86. The maximum atomic E-state index is 13.3. The minimum Gasteiger partial charge on any atom is -0.398 e. The molecule has 1 aliphatic rings. The van der Waals surface area contributed by atoms with Crippen LogP contribution in [0.1, 0.15) is 24.0 Å². The molecule has 21 heavy (non-hydrogen) atoms. The van der Waals surface area contributed by atoms with Crippen molar-refractivity contribution < 1.29 is 4.39 Å². The van der Waals surface area contributed by atoms with Crippen LogP contribution in [0.4, 0.5) is 10.1 Å². The summed E-state index contributed by atoms with van der Waals surface area (Å²) in [5.74, 6) is -0.218. The number of para-hydroxylation sites is 1. The SMILES string of the molecule is Nc1ccccc1CN(Cc1ccc(F)c(Br)c1)C1CC1. The summed E-state index contributed by atoms with van der Waals surface area (Å²) in [6, 6.07) is 13.8. The van der Waals surface area contributed by atoms with E-state index in [4.69, 9.17) is 5.73 Å². The molecule has 0 radical (unpaired) electrons. The van der Waals surface area contributed by atoms with Gasteiger partial charge >= 0.3 is 0 Å². The number of benzene rings is 2. The van der Waals surface area contributed by atoms with Gasteiger partial charge in [-0.3, -0.25) is 4.90 Å². The van der Waals surface area contributed by atoms with Crippen molar-refractivity contribution in [3.05, 3.63) is 63.9 Å². The van der Waals surface area contributed by atoms with E-state index in [1.807, 2.05) is 30.3 Å². The minimum atomic E-state index is -0.218. The summed E-state index contributed by atoms with van der Waals surface area (Å²) in [5, 5.41) is 0. The van der Waals surface area contributed by atoms with E-state index in [1.54, 1.807) is 0 Å². The molecule has 110 valence electrons. The lowest BCUT2D eigenvalue weighted by atomic mass is 10.1. The Labute approximate surface area is 132 Å². The van der Waals surface area contributed by atoms with E-state index in [2.05, 4.69) is 26.9 Å². The highest BCUT2D eigenvalue weighted by atomic mass is 79.9. The van der Waals surface area contributed by atoms with Gasteiger partial charge in [-0.2, -0.15) is 0 Å². The molecule has 2 nitrogen and oxygen atoms in total. The van der Waals surface area contributed by atoms with Crippen LogP contribution in [0.3, 0.4) is 0 Å². The molecule has 2 N–H and O–H groups in total. The monoisotopic (exact) mass is 348 g/mol. The van der Waals surface area contributed by atoms with E-state index in [9.17, 15) is 4.39 Å². The van der Waals surface area contributed by atoms with Gasteiger partial charge in [-0.25, -0.2) is 4.39 Å². The number of anilines is 1. The van der Waals surface area contributed by atoms with E-state index < -0.39 is 0 Å². The first-order valence-electron chi connectivity index (χ1n) is 7.15. The van der Waals surface area contributed by atoms with Crippen LogP contribution in [0.5, 0.6) is 0 Å². The molecule has 0 unspecified atom stereocenters. The molecule has 0 amide bonds. The minimum absolute atomic E-state index is 0.218. The predicted octanol–water partition coefficient (Wildman–Crippen LogP) is 4.34.